The lowest BCUT2D eigenvalue weighted by Crippen LogP contribution is -2.15. The molecule has 1 fully saturated rings. The highest BCUT2D eigenvalue weighted by Gasteiger charge is 2.36. The van der Waals surface area contributed by atoms with Gasteiger partial charge >= 0.3 is 5.97 Å². The third kappa shape index (κ3) is 3.55. The molecule has 0 aliphatic carbocycles. The van der Waals surface area contributed by atoms with Gasteiger partial charge in [-0.25, -0.2) is 4.79 Å². The number of hydrogen-bond donors (Lipinski definition) is 0. The first-order valence-electron chi connectivity index (χ1n) is 5.80. The summed E-state index contributed by atoms with van der Waals surface area (Å²) in [6.07, 6.45) is 6.21. The highest BCUT2D eigenvalue weighted by atomic mass is 16.6. The van der Waals surface area contributed by atoms with E-state index in [1.54, 1.807) is 0 Å². The molecule has 96 valence electrons. The van der Waals surface area contributed by atoms with Crippen molar-refractivity contribution in [3.05, 3.63) is 48.1 Å². The molecule has 1 aliphatic heterocycles. The van der Waals surface area contributed by atoms with E-state index in [1.165, 1.54) is 6.08 Å². The van der Waals surface area contributed by atoms with Gasteiger partial charge in [-0.15, -0.1) is 0 Å². The number of carbonyl (C=O) groups excluding carboxylic acids is 2. The predicted octanol–water partition coefficient (Wildman–Crippen LogP) is 2.75. The fraction of sp³-hybridized carbons (Fsp3) is 0.333. The molecule has 0 unspecified atom stereocenters. The molecular formula is C15H18O3. The van der Waals surface area contributed by atoms with Crippen molar-refractivity contribution in [2.24, 2.45) is 5.92 Å². The summed E-state index contributed by atoms with van der Waals surface area (Å²) < 4.78 is 5.26. The zero-order valence-corrected chi connectivity index (χ0v) is 10.8. The van der Waals surface area contributed by atoms with Crippen LogP contribution in [0.1, 0.15) is 20.3 Å². The number of ether oxygens (including phenoxy) is 1. The molecule has 0 aromatic heterocycles. The summed E-state index contributed by atoms with van der Waals surface area (Å²) in [6, 6.07) is 0. The summed E-state index contributed by atoms with van der Waals surface area (Å²) in [5.41, 5.74) is 2.24. The minimum atomic E-state index is -0.365. The Morgan fingerprint density at radius 2 is 2.11 bits per heavy atom. The molecule has 0 spiro atoms. The van der Waals surface area contributed by atoms with E-state index in [0.717, 1.165) is 17.4 Å². The van der Waals surface area contributed by atoms with Crippen molar-refractivity contribution >= 4 is 12.3 Å². The quantitative estimate of drug-likeness (QED) is 0.324. The van der Waals surface area contributed by atoms with Crippen molar-refractivity contribution in [2.75, 3.05) is 0 Å². The maximum Gasteiger partial charge on any atom is 0.334 e. The van der Waals surface area contributed by atoms with Gasteiger partial charge in [0.25, 0.3) is 0 Å². The van der Waals surface area contributed by atoms with Gasteiger partial charge < -0.3 is 4.74 Å². The minimum Gasteiger partial charge on any atom is -0.458 e. The van der Waals surface area contributed by atoms with Gasteiger partial charge in [-0.2, -0.15) is 0 Å². The fourth-order valence-corrected chi connectivity index (χ4v) is 1.83. The number of hydrogen-bond acceptors (Lipinski definition) is 3. The van der Waals surface area contributed by atoms with Crippen LogP contribution in [0.2, 0.25) is 0 Å². The molecule has 3 nitrogen and oxygen atoms in total. The van der Waals surface area contributed by atoms with Crippen LogP contribution in [-0.4, -0.2) is 18.4 Å². The van der Waals surface area contributed by atoms with Gasteiger partial charge in [-0.3, -0.25) is 4.79 Å². The Morgan fingerprint density at radius 1 is 1.44 bits per heavy atom. The zero-order chi connectivity index (χ0) is 13.7. The van der Waals surface area contributed by atoms with Crippen LogP contribution in [0, 0.1) is 5.92 Å². The van der Waals surface area contributed by atoms with E-state index in [0.29, 0.717) is 12.0 Å². The van der Waals surface area contributed by atoms with Crippen molar-refractivity contribution in [3.8, 4) is 0 Å². The maximum atomic E-state index is 11.5. The Bertz CT molecular complexity index is 441. The lowest BCUT2D eigenvalue weighted by atomic mass is 9.92. The van der Waals surface area contributed by atoms with Crippen LogP contribution in [0.5, 0.6) is 0 Å². The highest BCUT2D eigenvalue weighted by Crippen LogP contribution is 2.31. The molecule has 1 heterocycles. The molecule has 2 atom stereocenters. The fourth-order valence-electron chi connectivity index (χ4n) is 1.83. The lowest BCUT2D eigenvalue weighted by Gasteiger charge is -2.14. The first kappa shape index (κ1) is 14.2. The molecule has 0 saturated carbocycles. The smallest absolute Gasteiger partial charge is 0.334 e. The van der Waals surface area contributed by atoms with Crippen molar-refractivity contribution in [2.45, 2.75) is 26.4 Å². The van der Waals surface area contributed by atoms with Crippen LogP contribution in [0.3, 0.4) is 0 Å². The molecular weight excluding hydrogens is 228 g/mol. The normalized spacial score (nSPS) is 24.4. The molecule has 3 heteroatoms. The SMILES string of the molecule is C=C(C)/C=C/[C@H]1C(=C)C(=O)O[C@@H]1C/C(C)=C\C=O. The van der Waals surface area contributed by atoms with E-state index in [4.69, 9.17) is 4.74 Å². The highest BCUT2D eigenvalue weighted by molar-refractivity contribution is 5.91. The second-order valence-corrected chi connectivity index (χ2v) is 4.55. The average Bonchev–Trinajstić information content (AvgIpc) is 2.52. The summed E-state index contributed by atoms with van der Waals surface area (Å²) in [5, 5.41) is 0. The van der Waals surface area contributed by atoms with Crippen molar-refractivity contribution in [1.82, 2.24) is 0 Å². The standard InChI is InChI=1S/C15H18O3/c1-10(2)5-6-13-12(4)15(17)18-14(13)9-11(3)7-8-16/h5-8,13-14H,1,4,9H2,2-3H3/b6-5+,11-7-/t13-,14+/m0/s1. The number of esters is 1. The number of allylic oxidation sites excluding steroid dienone is 3. The van der Waals surface area contributed by atoms with E-state index in [1.807, 2.05) is 26.0 Å². The molecule has 0 bridgehead atoms. The number of rotatable bonds is 5. The Morgan fingerprint density at radius 3 is 2.67 bits per heavy atom. The van der Waals surface area contributed by atoms with E-state index in [9.17, 15) is 9.59 Å². The third-order valence-electron chi connectivity index (χ3n) is 2.79. The topological polar surface area (TPSA) is 43.4 Å². The van der Waals surface area contributed by atoms with E-state index in [2.05, 4.69) is 13.2 Å². The first-order valence-corrected chi connectivity index (χ1v) is 5.80. The van der Waals surface area contributed by atoms with E-state index in [-0.39, 0.29) is 18.0 Å². The van der Waals surface area contributed by atoms with Crippen LogP contribution in [0.25, 0.3) is 0 Å². The molecule has 1 rings (SSSR count). The van der Waals surface area contributed by atoms with Crippen molar-refractivity contribution < 1.29 is 14.3 Å². The molecule has 0 amide bonds. The van der Waals surface area contributed by atoms with Gasteiger partial charge in [-0.1, -0.05) is 36.5 Å². The number of cyclic esters (lactones) is 1. The van der Waals surface area contributed by atoms with Crippen LogP contribution in [-0.2, 0) is 14.3 Å². The Kier molecular flexibility index (Phi) is 4.84. The average molecular weight is 246 g/mol. The van der Waals surface area contributed by atoms with Crippen molar-refractivity contribution in [1.29, 1.82) is 0 Å². The van der Waals surface area contributed by atoms with Crippen LogP contribution < -0.4 is 0 Å². The van der Waals surface area contributed by atoms with Crippen LogP contribution in [0.4, 0.5) is 0 Å². The molecule has 18 heavy (non-hydrogen) atoms. The van der Waals surface area contributed by atoms with Gasteiger partial charge in [0, 0.05) is 17.9 Å². The summed E-state index contributed by atoms with van der Waals surface area (Å²) in [6.45, 7) is 11.2. The number of carbonyl (C=O) groups is 2. The van der Waals surface area contributed by atoms with Gasteiger partial charge in [0.2, 0.25) is 0 Å². The summed E-state index contributed by atoms with van der Waals surface area (Å²) in [7, 11) is 0. The van der Waals surface area contributed by atoms with Crippen molar-refractivity contribution in [3.63, 3.8) is 0 Å². The summed E-state index contributed by atoms with van der Waals surface area (Å²) >= 11 is 0. The third-order valence-corrected chi connectivity index (χ3v) is 2.79. The zero-order valence-electron chi connectivity index (χ0n) is 10.8. The minimum absolute atomic E-state index is 0.149. The molecule has 0 N–H and O–H groups in total. The van der Waals surface area contributed by atoms with E-state index >= 15 is 0 Å². The van der Waals surface area contributed by atoms with Gasteiger partial charge in [0.15, 0.2) is 0 Å². The Hall–Kier alpha value is -1.90. The second kappa shape index (κ2) is 6.15. The van der Waals surface area contributed by atoms with Gasteiger partial charge in [0.05, 0.1) is 0 Å². The van der Waals surface area contributed by atoms with E-state index < -0.39 is 0 Å². The molecule has 0 aromatic rings. The molecule has 1 aliphatic rings. The molecule has 0 aromatic carbocycles. The first-order chi connectivity index (χ1) is 8.45. The lowest BCUT2D eigenvalue weighted by molar-refractivity contribution is -0.138. The number of aldehydes is 1. The molecule has 1 saturated heterocycles. The maximum absolute atomic E-state index is 11.5. The Balaban J connectivity index is 2.85. The predicted molar refractivity (Wildman–Crippen MR) is 70.9 cm³/mol. The Labute approximate surface area is 108 Å². The summed E-state index contributed by atoms with van der Waals surface area (Å²) in [5.74, 6) is -0.514. The van der Waals surface area contributed by atoms with Crippen LogP contribution in [0.15, 0.2) is 48.1 Å². The van der Waals surface area contributed by atoms with Gasteiger partial charge in [-0.05, 0) is 19.9 Å². The monoisotopic (exact) mass is 246 g/mol. The van der Waals surface area contributed by atoms with Gasteiger partial charge in [0.1, 0.15) is 12.4 Å². The largest absolute Gasteiger partial charge is 0.458 e. The van der Waals surface area contributed by atoms with Crippen LogP contribution >= 0.6 is 0 Å². The molecule has 0 radical (unpaired) electrons. The summed E-state index contributed by atoms with van der Waals surface area (Å²) in [4.78, 5) is 21.9. The second-order valence-electron chi connectivity index (χ2n) is 4.55.